The molecule has 28 heavy (non-hydrogen) atoms. The first-order valence-corrected chi connectivity index (χ1v) is 9.08. The monoisotopic (exact) mass is 385 g/mol. The van der Waals surface area contributed by atoms with Crippen LogP contribution in [0, 0.1) is 0 Å². The third kappa shape index (κ3) is 3.88. The van der Waals surface area contributed by atoms with E-state index in [1.54, 1.807) is 36.4 Å². The molecular formula is C21H23NO6. The molecular weight excluding hydrogens is 362 g/mol. The minimum absolute atomic E-state index is 0.343. The summed E-state index contributed by atoms with van der Waals surface area (Å²) in [5.41, 5.74) is 2.17. The Bertz CT molecular complexity index is 862. The summed E-state index contributed by atoms with van der Waals surface area (Å²) in [6.07, 6.45) is 1.14. The fourth-order valence-corrected chi connectivity index (χ4v) is 2.95. The molecule has 7 heteroatoms. The van der Waals surface area contributed by atoms with Crippen LogP contribution in [0.25, 0.3) is 0 Å². The molecule has 1 aliphatic heterocycles. The van der Waals surface area contributed by atoms with Crippen molar-refractivity contribution < 1.29 is 28.5 Å². The van der Waals surface area contributed by atoms with Gasteiger partial charge in [0.05, 0.1) is 26.4 Å². The maximum absolute atomic E-state index is 12.3. The van der Waals surface area contributed by atoms with Crippen molar-refractivity contribution in [3.05, 3.63) is 53.1 Å². The summed E-state index contributed by atoms with van der Waals surface area (Å²) in [7, 11) is 2.99. The second kappa shape index (κ2) is 8.65. The van der Waals surface area contributed by atoms with Crippen molar-refractivity contribution in [1.82, 2.24) is 0 Å². The van der Waals surface area contributed by atoms with Crippen molar-refractivity contribution in [3.8, 4) is 11.5 Å². The summed E-state index contributed by atoms with van der Waals surface area (Å²) in [6.45, 7) is 2.45. The van der Waals surface area contributed by atoms with Gasteiger partial charge in [-0.3, -0.25) is 0 Å². The third-order valence-electron chi connectivity index (χ3n) is 4.44. The number of carbonyl (C=O) groups is 2. The van der Waals surface area contributed by atoms with E-state index in [1.807, 2.05) is 6.92 Å². The molecule has 1 heterocycles. The van der Waals surface area contributed by atoms with Gasteiger partial charge in [0.2, 0.25) is 6.23 Å². The lowest BCUT2D eigenvalue weighted by Crippen LogP contribution is -2.11. The van der Waals surface area contributed by atoms with E-state index < -0.39 is 12.2 Å². The standard InChI is InChI=1S/C21H23NO6/c1-4-5-12-27-20(23)13-6-8-14(9-7-13)22-19-15-10-11-16(25-2)18(26-3)17(15)21(24)28-19/h6-11,19,22H,4-5,12H2,1-3H3/t19-/m1/s1. The van der Waals surface area contributed by atoms with Crippen LogP contribution in [0.2, 0.25) is 0 Å². The van der Waals surface area contributed by atoms with E-state index in [4.69, 9.17) is 18.9 Å². The smallest absolute Gasteiger partial charge is 0.344 e. The molecule has 1 atom stereocenters. The molecule has 0 radical (unpaired) electrons. The molecule has 7 nitrogen and oxygen atoms in total. The van der Waals surface area contributed by atoms with Crippen LogP contribution in [-0.4, -0.2) is 32.8 Å². The van der Waals surface area contributed by atoms with Gasteiger partial charge in [0, 0.05) is 11.3 Å². The minimum atomic E-state index is -0.662. The fraction of sp³-hybridized carbons (Fsp3) is 0.333. The summed E-state index contributed by atoms with van der Waals surface area (Å²) in [5.74, 6) is -0.0295. The van der Waals surface area contributed by atoms with Gasteiger partial charge in [0.25, 0.3) is 0 Å². The maximum Gasteiger partial charge on any atom is 0.344 e. The highest BCUT2D eigenvalue weighted by Gasteiger charge is 2.35. The molecule has 148 valence electrons. The van der Waals surface area contributed by atoms with Crippen molar-refractivity contribution in [2.75, 3.05) is 26.1 Å². The number of cyclic esters (lactones) is 1. The van der Waals surface area contributed by atoms with Crippen LogP contribution in [0.5, 0.6) is 11.5 Å². The van der Waals surface area contributed by atoms with Crippen molar-refractivity contribution in [2.45, 2.75) is 26.0 Å². The normalized spacial score (nSPS) is 14.8. The van der Waals surface area contributed by atoms with E-state index in [-0.39, 0.29) is 5.97 Å². The Balaban J connectivity index is 1.74. The lowest BCUT2D eigenvalue weighted by atomic mass is 10.1. The van der Waals surface area contributed by atoms with Gasteiger partial charge < -0.3 is 24.3 Å². The Hall–Kier alpha value is -3.22. The van der Waals surface area contributed by atoms with Gasteiger partial charge in [-0.15, -0.1) is 0 Å². The van der Waals surface area contributed by atoms with Crippen LogP contribution >= 0.6 is 0 Å². The molecule has 1 aliphatic rings. The quantitative estimate of drug-likeness (QED) is 0.544. The van der Waals surface area contributed by atoms with Crippen LogP contribution < -0.4 is 14.8 Å². The van der Waals surface area contributed by atoms with Crippen molar-refractivity contribution in [1.29, 1.82) is 0 Å². The maximum atomic E-state index is 12.3. The second-order valence-corrected chi connectivity index (χ2v) is 6.26. The van der Waals surface area contributed by atoms with Crippen molar-refractivity contribution >= 4 is 17.6 Å². The molecule has 0 saturated heterocycles. The molecule has 0 amide bonds. The van der Waals surface area contributed by atoms with Gasteiger partial charge in [-0.25, -0.2) is 9.59 Å². The van der Waals surface area contributed by atoms with Crippen LogP contribution in [0.1, 0.15) is 52.3 Å². The Morgan fingerprint density at radius 2 is 1.86 bits per heavy atom. The minimum Gasteiger partial charge on any atom is -0.493 e. The number of esters is 2. The first kappa shape index (κ1) is 19.5. The van der Waals surface area contributed by atoms with Gasteiger partial charge in [-0.1, -0.05) is 13.3 Å². The molecule has 1 N–H and O–H groups in total. The predicted molar refractivity (Wildman–Crippen MR) is 103 cm³/mol. The summed E-state index contributed by atoms with van der Waals surface area (Å²) in [6, 6.07) is 10.3. The van der Waals surface area contributed by atoms with Gasteiger partial charge >= 0.3 is 11.9 Å². The Labute approximate surface area is 163 Å². The lowest BCUT2D eigenvalue weighted by Gasteiger charge is -2.15. The van der Waals surface area contributed by atoms with Crippen LogP contribution in [0.4, 0.5) is 5.69 Å². The topological polar surface area (TPSA) is 83.1 Å². The van der Waals surface area contributed by atoms with Gasteiger partial charge in [-0.2, -0.15) is 0 Å². The number of unbranched alkanes of at least 4 members (excludes halogenated alkanes) is 1. The van der Waals surface area contributed by atoms with Crippen molar-refractivity contribution in [3.63, 3.8) is 0 Å². The third-order valence-corrected chi connectivity index (χ3v) is 4.44. The van der Waals surface area contributed by atoms with E-state index in [2.05, 4.69) is 5.32 Å². The molecule has 0 aliphatic carbocycles. The predicted octanol–water partition coefficient (Wildman–Crippen LogP) is 3.94. The number of rotatable bonds is 8. The zero-order valence-electron chi connectivity index (χ0n) is 16.1. The number of methoxy groups -OCH3 is 2. The average molecular weight is 385 g/mol. The van der Waals surface area contributed by atoms with Crippen LogP contribution in [0.15, 0.2) is 36.4 Å². The van der Waals surface area contributed by atoms with E-state index in [9.17, 15) is 9.59 Å². The van der Waals surface area contributed by atoms with E-state index in [1.165, 1.54) is 14.2 Å². The molecule has 0 unspecified atom stereocenters. The lowest BCUT2D eigenvalue weighted by molar-refractivity contribution is 0.0434. The Morgan fingerprint density at radius 3 is 2.50 bits per heavy atom. The van der Waals surface area contributed by atoms with Gasteiger partial charge in [0.15, 0.2) is 11.5 Å². The Kier molecular flexibility index (Phi) is 6.03. The zero-order chi connectivity index (χ0) is 20.1. The van der Waals surface area contributed by atoms with Crippen LogP contribution in [-0.2, 0) is 9.47 Å². The fourth-order valence-electron chi connectivity index (χ4n) is 2.95. The number of hydrogen-bond acceptors (Lipinski definition) is 7. The van der Waals surface area contributed by atoms with Gasteiger partial charge in [0.1, 0.15) is 5.56 Å². The molecule has 0 saturated carbocycles. The van der Waals surface area contributed by atoms with E-state index in [0.29, 0.717) is 40.5 Å². The van der Waals surface area contributed by atoms with E-state index >= 15 is 0 Å². The summed E-state index contributed by atoms with van der Waals surface area (Å²) >= 11 is 0. The first-order valence-electron chi connectivity index (χ1n) is 9.08. The molecule has 0 spiro atoms. The summed E-state index contributed by atoms with van der Waals surface area (Å²) in [5, 5.41) is 3.14. The van der Waals surface area contributed by atoms with Gasteiger partial charge in [-0.05, 0) is 42.8 Å². The van der Waals surface area contributed by atoms with Crippen LogP contribution in [0.3, 0.4) is 0 Å². The zero-order valence-corrected chi connectivity index (χ0v) is 16.1. The second-order valence-electron chi connectivity index (χ2n) is 6.26. The molecule has 0 bridgehead atoms. The molecule has 0 fully saturated rings. The molecule has 2 aromatic carbocycles. The number of fused-ring (bicyclic) bond motifs is 1. The van der Waals surface area contributed by atoms with E-state index in [0.717, 1.165) is 12.8 Å². The number of hydrogen-bond donors (Lipinski definition) is 1. The number of ether oxygens (including phenoxy) is 4. The summed E-state index contributed by atoms with van der Waals surface area (Å²) in [4.78, 5) is 24.3. The highest BCUT2D eigenvalue weighted by Crippen LogP contribution is 2.42. The SMILES string of the molecule is CCCCOC(=O)c1ccc(N[C@@H]2OC(=O)c3c2ccc(OC)c3OC)cc1. The average Bonchev–Trinajstić information content (AvgIpc) is 3.03. The van der Waals surface area contributed by atoms with Crippen molar-refractivity contribution in [2.24, 2.45) is 0 Å². The first-order chi connectivity index (χ1) is 13.6. The molecule has 3 rings (SSSR count). The summed E-state index contributed by atoms with van der Waals surface area (Å²) < 4.78 is 21.2. The number of carbonyl (C=O) groups excluding carboxylic acids is 2. The largest absolute Gasteiger partial charge is 0.493 e. The number of benzene rings is 2. The molecule has 2 aromatic rings. The Morgan fingerprint density at radius 1 is 1.11 bits per heavy atom. The number of nitrogens with one attached hydrogen (secondary N) is 1. The highest BCUT2D eigenvalue weighted by molar-refractivity contribution is 5.98. The highest BCUT2D eigenvalue weighted by atomic mass is 16.6. The number of anilines is 1. The molecule has 0 aromatic heterocycles.